The summed E-state index contributed by atoms with van der Waals surface area (Å²) in [5.74, 6) is 0.0273. The zero-order valence-electron chi connectivity index (χ0n) is 15.4. The van der Waals surface area contributed by atoms with Gasteiger partial charge in [-0.05, 0) is 42.2 Å². The van der Waals surface area contributed by atoms with Crippen LogP contribution in [0.1, 0.15) is 29.9 Å². The summed E-state index contributed by atoms with van der Waals surface area (Å²) in [6.45, 7) is 0.630. The molecule has 1 aliphatic rings. The Bertz CT molecular complexity index is 815. The third-order valence-electron chi connectivity index (χ3n) is 4.69. The van der Waals surface area contributed by atoms with E-state index in [2.05, 4.69) is 10.4 Å². The number of methoxy groups -OCH3 is 1. The zero-order chi connectivity index (χ0) is 18.7. The molecule has 2 amide bonds. The minimum Gasteiger partial charge on any atom is -0.497 e. The van der Waals surface area contributed by atoms with Gasteiger partial charge in [0, 0.05) is 38.9 Å². The lowest BCUT2D eigenvalue weighted by molar-refractivity contribution is -0.133. The van der Waals surface area contributed by atoms with Crippen molar-refractivity contribution in [3.63, 3.8) is 0 Å². The molecule has 0 aliphatic carbocycles. The van der Waals surface area contributed by atoms with Crippen LogP contribution in [0.5, 0.6) is 5.75 Å². The molecule has 3 rings (SSSR count). The van der Waals surface area contributed by atoms with E-state index in [-0.39, 0.29) is 18.2 Å². The summed E-state index contributed by atoms with van der Waals surface area (Å²) in [6, 6.07) is 5.40. The molecule has 1 N–H and O–H groups in total. The van der Waals surface area contributed by atoms with Crippen molar-refractivity contribution in [2.24, 2.45) is 7.05 Å². The van der Waals surface area contributed by atoms with Gasteiger partial charge in [-0.15, -0.1) is 0 Å². The smallest absolute Gasteiger partial charge is 0.230 e. The highest BCUT2D eigenvalue weighted by atomic mass is 16.5. The van der Waals surface area contributed by atoms with E-state index in [1.165, 1.54) is 0 Å². The van der Waals surface area contributed by atoms with Crippen molar-refractivity contribution in [3.8, 4) is 5.75 Å². The molecule has 2 heterocycles. The van der Waals surface area contributed by atoms with Crippen LogP contribution in [0.3, 0.4) is 0 Å². The number of aromatic nitrogens is 2. The summed E-state index contributed by atoms with van der Waals surface area (Å²) in [7, 11) is 5.27. The van der Waals surface area contributed by atoms with E-state index in [1.807, 2.05) is 25.5 Å². The summed E-state index contributed by atoms with van der Waals surface area (Å²) in [6.07, 6.45) is 5.69. The van der Waals surface area contributed by atoms with Crippen molar-refractivity contribution in [1.29, 1.82) is 0 Å². The van der Waals surface area contributed by atoms with Crippen molar-refractivity contribution < 1.29 is 14.3 Å². The Hall–Kier alpha value is -2.83. The Labute approximate surface area is 152 Å². The number of anilines is 1. The quantitative estimate of drug-likeness (QED) is 0.858. The monoisotopic (exact) mass is 356 g/mol. The molecule has 0 spiro atoms. The van der Waals surface area contributed by atoms with Gasteiger partial charge in [-0.1, -0.05) is 0 Å². The summed E-state index contributed by atoms with van der Waals surface area (Å²) in [5, 5.41) is 6.98. The Morgan fingerprint density at radius 1 is 1.46 bits per heavy atom. The molecule has 0 unspecified atom stereocenters. The minimum absolute atomic E-state index is 0.0412. The molecule has 1 atom stereocenters. The summed E-state index contributed by atoms with van der Waals surface area (Å²) < 4.78 is 7.04. The predicted octanol–water partition coefficient (Wildman–Crippen LogP) is 1.95. The fourth-order valence-electron chi connectivity index (χ4n) is 3.28. The summed E-state index contributed by atoms with van der Waals surface area (Å²) in [4.78, 5) is 26.6. The molecule has 7 nitrogen and oxygen atoms in total. The van der Waals surface area contributed by atoms with Gasteiger partial charge in [-0.25, -0.2) is 0 Å². The maximum atomic E-state index is 12.9. The van der Waals surface area contributed by atoms with Gasteiger partial charge >= 0.3 is 0 Å². The number of rotatable bonds is 6. The summed E-state index contributed by atoms with van der Waals surface area (Å²) in [5.41, 5.74) is 2.65. The number of hydrogen-bond donors (Lipinski definition) is 1. The third-order valence-corrected chi connectivity index (χ3v) is 4.69. The number of amides is 2. The molecule has 0 radical (unpaired) electrons. The normalized spacial score (nSPS) is 16.0. The van der Waals surface area contributed by atoms with Gasteiger partial charge in [0.2, 0.25) is 11.8 Å². The van der Waals surface area contributed by atoms with E-state index in [1.54, 1.807) is 35.9 Å². The largest absolute Gasteiger partial charge is 0.497 e. The molecular weight excluding hydrogens is 332 g/mol. The lowest BCUT2D eigenvalue weighted by Gasteiger charge is -2.29. The molecule has 1 aromatic carbocycles. The Morgan fingerprint density at radius 3 is 2.96 bits per heavy atom. The van der Waals surface area contributed by atoms with Gasteiger partial charge in [0.05, 0.1) is 19.2 Å². The van der Waals surface area contributed by atoms with Gasteiger partial charge < -0.3 is 15.0 Å². The van der Waals surface area contributed by atoms with Crippen LogP contribution in [0.25, 0.3) is 0 Å². The molecule has 138 valence electrons. The highest BCUT2D eigenvalue weighted by molar-refractivity contribution is 6.01. The zero-order valence-corrected chi connectivity index (χ0v) is 15.4. The van der Waals surface area contributed by atoms with Crippen LogP contribution in [0.4, 0.5) is 5.69 Å². The minimum atomic E-state index is -0.475. The van der Waals surface area contributed by atoms with Crippen LogP contribution in [0.2, 0.25) is 0 Å². The number of carbonyl (C=O) groups excluding carboxylic acids is 2. The van der Waals surface area contributed by atoms with Crippen LogP contribution >= 0.6 is 0 Å². The first-order valence-electron chi connectivity index (χ1n) is 8.68. The second-order valence-corrected chi connectivity index (χ2v) is 6.64. The molecule has 0 bridgehead atoms. The fourth-order valence-corrected chi connectivity index (χ4v) is 3.28. The van der Waals surface area contributed by atoms with Crippen molar-refractivity contribution in [2.45, 2.75) is 25.2 Å². The van der Waals surface area contributed by atoms with Gasteiger partial charge in [-0.2, -0.15) is 5.10 Å². The number of ether oxygens (including phenoxy) is 1. The Kier molecular flexibility index (Phi) is 5.25. The van der Waals surface area contributed by atoms with Crippen LogP contribution in [0, 0.1) is 0 Å². The number of benzene rings is 1. The topological polar surface area (TPSA) is 76.5 Å². The van der Waals surface area contributed by atoms with Gasteiger partial charge in [0.15, 0.2) is 0 Å². The summed E-state index contributed by atoms with van der Waals surface area (Å²) >= 11 is 0. The highest BCUT2D eigenvalue weighted by Gasteiger charge is 2.32. The fraction of sp³-hybridized carbons (Fsp3) is 0.421. The number of aryl methyl sites for hydroxylation is 2. The highest BCUT2D eigenvalue weighted by Crippen LogP contribution is 2.35. The number of fused-ring (bicyclic) bond motifs is 1. The van der Waals surface area contributed by atoms with Crippen molar-refractivity contribution >= 4 is 17.5 Å². The van der Waals surface area contributed by atoms with E-state index in [0.29, 0.717) is 18.0 Å². The molecule has 1 aliphatic heterocycles. The average molecular weight is 356 g/mol. The Morgan fingerprint density at radius 2 is 2.27 bits per heavy atom. The van der Waals surface area contributed by atoms with E-state index >= 15 is 0 Å². The lowest BCUT2D eigenvalue weighted by Crippen LogP contribution is -2.37. The maximum Gasteiger partial charge on any atom is 0.230 e. The number of hydrogen-bond acceptors (Lipinski definition) is 4. The standard InChI is InChI=1S/C19H24N4O3/c1-22(8-4-5-13-11-20-23(2)12-13)19(25)16-10-18(24)21-17-7-6-14(26-3)9-15(16)17/h6-7,9,11-12,16H,4-5,8,10H2,1-3H3,(H,21,24)/t16-/m1/s1. The second-order valence-electron chi connectivity index (χ2n) is 6.64. The number of nitrogens with one attached hydrogen (secondary N) is 1. The van der Waals surface area contributed by atoms with E-state index in [0.717, 1.165) is 24.0 Å². The van der Waals surface area contributed by atoms with Gasteiger partial charge in [0.25, 0.3) is 0 Å². The van der Waals surface area contributed by atoms with Gasteiger partial charge in [-0.3, -0.25) is 14.3 Å². The van der Waals surface area contributed by atoms with Crippen LogP contribution in [-0.4, -0.2) is 47.2 Å². The molecule has 0 saturated carbocycles. The molecule has 1 aromatic heterocycles. The van der Waals surface area contributed by atoms with E-state index in [4.69, 9.17) is 4.74 Å². The second kappa shape index (κ2) is 7.59. The molecule has 0 fully saturated rings. The molecule has 26 heavy (non-hydrogen) atoms. The third kappa shape index (κ3) is 3.87. The van der Waals surface area contributed by atoms with Crippen molar-refractivity contribution in [1.82, 2.24) is 14.7 Å². The number of likely N-dealkylation sites (N-methyl/N-ethyl adjacent to an activating group) is 1. The first-order valence-corrected chi connectivity index (χ1v) is 8.68. The van der Waals surface area contributed by atoms with E-state index < -0.39 is 5.92 Å². The maximum absolute atomic E-state index is 12.9. The Balaban J connectivity index is 1.67. The number of nitrogens with zero attached hydrogens (tertiary/aromatic N) is 3. The lowest BCUT2D eigenvalue weighted by atomic mass is 9.89. The molecule has 2 aromatic rings. The first-order chi connectivity index (χ1) is 12.5. The van der Waals surface area contributed by atoms with Gasteiger partial charge in [0.1, 0.15) is 5.75 Å². The van der Waals surface area contributed by atoms with Crippen molar-refractivity contribution in [3.05, 3.63) is 41.7 Å². The van der Waals surface area contributed by atoms with Crippen LogP contribution < -0.4 is 10.1 Å². The molecule has 7 heteroatoms. The average Bonchev–Trinajstić information content (AvgIpc) is 3.05. The SMILES string of the molecule is COc1ccc2c(c1)[C@H](C(=O)N(C)CCCc1cnn(C)c1)CC(=O)N2. The van der Waals surface area contributed by atoms with Crippen LogP contribution in [-0.2, 0) is 23.1 Å². The van der Waals surface area contributed by atoms with E-state index in [9.17, 15) is 9.59 Å². The first kappa shape index (κ1) is 18.0. The molecule has 0 saturated heterocycles. The van der Waals surface area contributed by atoms with Crippen LogP contribution in [0.15, 0.2) is 30.6 Å². The predicted molar refractivity (Wildman–Crippen MR) is 98.1 cm³/mol. The van der Waals surface area contributed by atoms with Crippen molar-refractivity contribution in [2.75, 3.05) is 26.0 Å². The number of carbonyl (C=O) groups is 2. The molecular formula is C19H24N4O3.